The summed E-state index contributed by atoms with van der Waals surface area (Å²) in [6.07, 6.45) is -3.81. The number of rotatable bonds is 6. The minimum absolute atomic E-state index is 0.159. The maximum atomic E-state index is 13.4. The lowest BCUT2D eigenvalue weighted by molar-refractivity contribution is -0.183. The SMILES string of the molecule is O=C(NCC(N1CCNCC1)C(F)(F)F)c1csc(Cc2ccccc2)n1. The predicted molar refractivity (Wildman–Crippen MR) is 98.0 cm³/mol. The zero-order chi connectivity index (χ0) is 19.3. The van der Waals surface area contributed by atoms with Crippen LogP contribution >= 0.6 is 11.3 Å². The average molecular weight is 398 g/mol. The third-order valence-corrected chi connectivity index (χ3v) is 5.26. The lowest BCUT2D eigenvalue weighted by atomic mass is 10.2. The number of piperazine rings is 1. The van der Waals surface area contributed by atoms with Gasteiger partial charge in [-0.2, -0.15) is 13.2 Å². The molecule has 1 unspecified atom stereocenters. The van der Waals surface area contributed by atoms with Gasteiger partial charge in [0.2, 0.25) is 0 Å². The number of nitrogens with one attached hydrogen (secondary N) is 2. The Labute approximate surface area is 159 Å². The molecule has 0 spiro atoms. The van der Waals surface area contributed by atoms with Crippen LogP contribution in [0.3, 0.4) is 0 Å². The minimum atomic E-state index is -4.40. The molecule has 1 aromatic carbocycles. The number of nitrogens with zero attached hydrogens (tertiary/aromatic N) is 2. The molecular weight excluding hydrogens is 377 g/mol. The molecule has 1 amide bonds. The number of halogens is 3. The Balaban J connectivity index is 1.59. The summed E-state index contributed by atoms with van der Waals surface area (Å²) in [6.45, 7) is 1.15. The van der Waals surface area contributed by atoms with E-state index in [4.69, 9.17) is 0 Å². The fourth-order valence-corrected chi connectivity index (χ4v) is 3.80. The summed E-state index contributed by atoms with van der Waals surface area (Å²) in [5.41, 5.74) is 1.22. The fraction of sp³-hybridized carbons (Fsp3) is 0.444. The van der Waals surface area contributed by atoms with Gasteiger partial charge in [-0.1, -0.05) is 30.3 Å². The Hall–Kier alpha value is -1.97. The fourth-order valence-electron chi connectivity index (χ4n) is 2.99. The summed E-state index contributed by atoms with van der Waals surface area (Å²) < 4.78 is 40.1. The van der Waals surface area contributed by atoms with E-state index in [1.807, 2.05) is 30.3 Å². The first-order chi connectivity index (χ1) is 12.9. The molecule has 2 heterocycles. The van der Waals surface area contributed by atoms with Crippen molar-refractivity contribution in [2.45, 2.75) is 18.6 Å². The number of hydrogen-bond acceptors (Lipinski definition) is 5. The van der Waals surface area contributed by atoms with Crippen molar-refractivity contribution in [2.75, 3.05) is 32.7 Å². The van der Waals surface area contributed by atoms with Crippen LogP contribution in [0.1, 0.15) is 21.1 Å². The molecule has 0 saturated carbocycles. The Kier molecular flexibility index (Phi) is 6.46. The highest BCUT2D eigenvalue weighted by Gasteiger charge is 2.43. The van der Waals surface area contributed by atoms with Crippen molar-refractivity contribution in [3.8, 4) is 0 Å². The quantitative estimate of drug-likeness (QED) is 0.784. The third kappa shape index (κ3) is 5.50. The van der Waals surface area contributed by atoms with E-state index in [9.17, 15) is 18.0 Å². The molecule has 1 fully saturated rings. The number of alkyl halides is 3. The summed E-state index contributed by atoms with van der Waals surface area (Å²) in [7, 11) is 0. The highest BCUT2D eigenvalue weighted by molar-refractivity contribution is 7.09. The van der Waals surface area contributed by atoms with Crippen LogP contribution in [0, 0.1) is 0 Å². The molecule has 1 aliphatic heterocycles. The normalized spacial score (nSPS) is 16.9. The van der Waals surface area contributed by atoms with Gasteiger partial charge < -0.3 is 10.6 Å². The van der Waals surface area contributed by atoms with Gasteiger partial charge in [-0.15, -0.1) is 11.3 Å². The topological polar surface area (TPSA) is 57.3 Å². The second-order valence-corrected chi connectivity index (χ2v) is 7.28. The number of thiazole rings is 1. The zero-order valence-corrected chi connectivity index (χ0v) is 15.4. The van der Waals surface area contributed by atoms with E-state index in [-0.39, 0.29) is 5.69 Å². The highest BCUT2D eigenvalue weighted by atomic mass is 32.1. The van der Waals surface area contributed by atoms with Crippen molar-refractivity contribution in [2.24, 2.45) is 0 Å². The number of hydrogen-bond donors (Lipinski definition) is 2. The molecule has 1 aromatic heterocycles. The van der Waals surface area contributed by atoms with Gasteiger partial charge in [0.1, 0.15) is 11.7 Å². The predicted octanol–water partition coefficient (Wildman–Crippen LogP) is 2.30. The van der Waals surface area contributed by atoms with Gasteiger partial charge in [-0.25, -0.2) is 4.98 Å². The number of aromatic nitrogens is 1. The van der Waals surface area contributed by atoms with Crippen molar-refractivity contribution < 1.29 is 18.0 Å². The van der Waals surface area contributed by atoms with Crippen LogP contribution in [0.2, 0.25) is 0 Å². The number of carbonyl (C=O) groups is 1. The van der Waals surface area contributed by atoms with Crippen LogP contribution in [0.25, 0.3) is 0 Å². The van der Waals surface area contributed by atoms with E-state index in [0.29, 0.717) is 32.6 Å². The van der Waals surface area contributed by atoms with E-state index in [1.54, 1.807) is 5.38 Å². The van der Waals surface area contributed by atoms with Crippen molar-refractivity contribution in [1.82, 2.24) is 20.5 Å². The van der Waals surface area contributed by atoms with Crippen molar-refractivity contribution in [1.29, 1.82) is 0 Å². The number of carbonyl (C=O) groups excluding carboxylic acids is 1. The molecule has 0 aliphatic carbocycles. The minimum Gasteiger partial charge on any atom is -0.349 e. The number of benzene rings is 1. The Morgan fingerprint density at radius 3 is 2.63 bits per heavy atom. The second kappa shape index (κ2) is 8.81. The molecule has 146 valence electrons. The van der Waals surface area contributed by atoms with Crippen LogP contribution in [-0.2, 0) is 6.42 Å². The molecule has 1 atom stereocenters. The molecule has 27 heavy (non-hydrogen) atoms. The van der Waals surface area contributed by atoms with E-state index in [2.05, 4.69) is 15.6 Å². The van der Waals surface area contributed by atoms with Gasteiger partial charge >= 0.3 is 6.18 Å². The first kappa shape index (κ1) is 19.8. The van der Waals surface area contributed by atoms with Gasteiger partial charge in [0.25, 0.3) is 5.91 Å². The largest absolute Gasteiger partial charge is 0.405 e. The molecule has 3 rings (SSSR count). The lowest BCUT2D eigenvalue weighted by Crippen LogP contribution is -2.57. The van der Waals surface area contributed by atoms with E-state index < -0.39 is 24.7 Å². The summed E-state index contributed by atoms with van der Waals surface area (Å²) in [5.74, 6) is -0.574. The Morgan fingerprint density at radius 2 is 1.96 bits per heavy atom. The monoisotopic (exact) mass is 398 g/mol. The summed E-state index contributed by atoms with van der Waals surface area (Å²) >= 11 is 1.33. The van der Waals surface area contributed by atoms with Gasteiger partial charge in [-0.05, 0) is 5.56 Å². The summed E-state index contributed by atoms with van der Waals surface area (Å²) in [6, 6.07) is 7.99. The molecule has 1 saturated heterocycles. The zero-order valence-electron chi connectivity index (χ0n) is 14.6. The molecular formula is C18H21F3N4OS. The third-order valence-electron chi connectivity index (χ3n) is 4.41. The maximum Gasteiger partial charge on any atom is 0.405 e. The van der Waals surface area contributed by atoms with Gasteiger partial charge in [0.05, 0.1) is 5.01 Å². The van der Waals surface area contributed by atoms with Gasteiger partial charge in [0, 0.05) is 44.5 Å². The van der Waals surface area contributed by atoms with Crippen LogP contribution in [0.4, 0.5) is 13.2 Å². The highest BCUT2D eigenvalue weighted by Crippen LogP contribution is 2.25. The Bertz CT molecular complexity index is 745. The molecule has 2 aromatic rings. The van der Waals surface area contributed by atoms with Crippen LogP contribution in [0.5, 0.6) is 0 Å². The van der Waals surface area contributed by atoms with Crippen LogP contribution < -0.4 is 10.6 Å². The maximum absolute atomic E-state index is 13.4. The summed E-state index contributed by atoms with van der Waals surface area (Å²) in [4.78, 5) is 17.9. The van der Waals surface area contributed by atoms with E-state index >= 15 is 0 Å². The van der Waals surface area contributed by atoms with Crippen LogP contribution in [0.15, 0.2) is 35.7 Å². The molecule has 1 aliphatic rings. The van der Waals surface area contributed by atoms with Crippen LogP contribution in [-0.4, -0.2) is 60.7 Å². The standard InChI is InChI=1S/C18H21F3N4OS/c19-18(20,21)15(25-8-6-22-7-9-25)11-23-17(26)14-12-27-16(24-14)10-13-4-2-1-3-5-13/h1-5,12,15,22H,6-11H2,(H,23,26). The van der Waals surface area contributed by atoms with E-state index in [1.165, 1.54) is 16.2 Å². The second-order valence-electron chi connectivity index (χ2n) is 6.34. The van der Waals surface area contributed by atoms with Gasteiger partial charge in [0.15, 0.2) is 0 Å². The average Bonchev–Trinajstić information content (AvgIpc) is 3.11. The first-order valence-electron chi connectivity index (χ1n) is 8.71. The molecule has 5 nitrogen and oxygen atoms in total. The number of amides is 1. The van der Waals surface area contributed by atoms with Gasteiger partial charge in [-0.3, -0.25) is 9.69 Å². The Morgan fingerprint density at radius 1 is 1.26 bits per heavy atom. The smallest absolute Gasteiger partial charge is 0.349 e. The summed E-state index contributed by atoms with van der Waals surface area (Å²) in [5, 5.41) is 7.77. The van der Waals surface area contributed by atoms with Crippen molar-refractivity contribution >= 4 is 17.2 Å². The van der Waals surface area contributed by atoms with Crippen molar-refractivity contribution in [3.63, 3.8) is 0 Å². The first-order valence-corrected chi connectivity index (χ1v) is 9.59. The molecule has 0 bridgehead atoms. The molecule has 9 heteroatoms. The van der Waals surface area contributed by atoms with E-state index in [0.717, 1.165) is 10.6 Å². The van der Waals surface area contributed by atoms with Crippen molar-refractivity contribution in [3.05, 3.63) is 52.0 Å². The molecule has 2 N–H and O–H groups in total. The lowest BCUT2D eigenvalue weighted by Gasteiger charge is -2.35. The molecule has 0 radical (unpaired) electrons.